The van der Waals surface area contributed by atoms with Gasteiger partial charge in [0.05, 0.1) is 15.7 Å². The van der Waals surface area contributed by atoms with Crippen LogP contribution in [0.5, 0.6) is 0 Å². The van der Waals surface area contributed by atoms with E-state index in [1.54, 1.807) is 19.1 Å². The summed E-state index contributed by atoms with van der Waals surface area (Å²) in [6, 6.07) is 5.93. The number of nitrogens with zero attached hydrogens (tertiary/aromatic N) is 1. The van der Waals surface area contributed by atoms with Gasteiger partial charge in [0.1, 0.15) is 5.69 Å². The zero-order valence-electron chi connectivity index (χ0n) is 10.9. The Bertz CT molecular complexity index is 732. The topological polar surface area (TPSA) is 79.3 Å². The number of aromatic nitrogens is 1. The molecule has 2 aromatic rings. The number of hydrogen-bond acceptors (Lipinski definition) is 3. The summed E-state index contributed by atoms with van der Waals surface area (Å²) in [6.45, 7) is 1.78. The molecule has 0 saturated carbocycles. The second-order valence-electron chi connectivity index (χ2n) is 4.24. The lowest BCUT2D eigenvalue weighted by molar-refractivity contribution is 0.0690. The Morgan fingerprint density at radius 3 is 2.62 bits per heavy atom. The highest BCUT2D eigenvalue weighted by atomic mass is 35.5. The van der Waals surface area contributed by atoms with Gasteiger partial charge in [0.15, 0.2) is 0 Å². The number of anilines is 1. The Kier molecular flexibility index (Phi) is 4.45. The third kappa shape index (κ3) is 3.32. The van der Waals surface area contributed by atoms with Crippen molar-refractivity contribution in [2.24, 2.45) is 0 Å². The molecule has 0 aliphatic carbocycles. The van der Waals surface area contributed by atoms with Crippen molar-refractivity contribution in [3.63, 3.8) is 0 Å². The lowest BCUT2D eigenvalue weighted by Crippen LogP contribution is -2.14. The minimum Gasteiger partial charge on any atom is -0.477 e. The third-order valence-electron chi connectivity index (χ3n) is 2.76. The predicted octanol–water partition coefficient (Wildman–Crippen LogP) is 3.65. The molecule has 1 aromatic carbocycles. The van der Waals surface area contributed by atoms with E-state index in [1.165, 1.54) is 18.3 Å². The van der Waals surface area contributed by atoms with Gasteiger partial charge >= 0.3 is 5.97 Å². The number of amides is 1. The quantitative estimate of drug-likeness (QED) is 0.903. The van der Waals surface area contributed by atoms with Crippen molar-refractivity contribution in [3.05, 3.63) is 57.3 Å². The summed E-state index contributed by atoms with van der Waals surface area (Å²) in [5.74, 6) is -1.73. The molecule has 5 nitrogen and oxygen atoms in total. The van der Waals surface area contributed by atoms with E-state index in [4.69, 9.17) is 28.3 Å². The van der Waals surface area contributed by atoms with Crippen LogP contribution in [0.3, 0.4) is 0 Å². The highest BCUT2D eigenvalue weighted by Gasteiger charge is 2.15. The van der Waals surface area contributed by atoms with E-state index in [9.17, 15) is 9.59 Å². The summed E-state index contributed by atoms with van der Waals surface area (Å²) in [4.78, 5) is 26.7. The fourth-order valence-electron chi connectivity index (χ4n) is 1.65. The van der Waals surface area contributed by atoms with Crippen LogP contribution in [0.1, 0.15) is 26.4 Å². The van der Waals surface area contributed by atoms with Crippen molar-refractivity contribution in [1.82, 2.24) is 4.98 Å². The number of hydrogen-bond donors (Lipinski definition) is 2. The predicted molar refractivity (Wildman–Crippen MR) is 80.3 cm³/mol. The molecule has 0 bridgehead atoms. The van der Waals surface area contributed by atoms with Crippen LogP contribution >= 0.6 is 23.2 Å². The van der Waals surface area contributed by atoms with Crippen LogP contribution < -0.4 is 5.32 Å². The zero-order chi connectivity index (χ0) is 15.6. The number of benzene rings is 1. The average Bonchev–Trinajstić information content (AvgIpc) is 2.47. The Labute approximate surface area is 130 Å². The average molecular weight is 325 g/mol. The monoisotopic (exact) mass is 324 g/mol. The highest BCUT2D eigenvalue weighted by molar-refractivity contribution is 6.40. The Balaban J connectivity index is 2.33. The van der Waals surface area contributed by atoms with Crippen molar-refractivity contribution in [2.45, 2.75) is 6.92 Å². The van der Waals surface area contributed by atoms with Gasteiger partial charge < -0.3 is 10.4 Å². The van der Waals surface area contributed by atoms with Gasteiger partial charge in [0.25, 0.3) is 5.91 Å². The standard InChI is InChI=1S/C14H10Cl2N2O3/c1-7-2-3-9(15)12(11(7)16)18-13(19)8-4-5-17-10(6-8)14(20)21/h2-6H,1H3,(H,18,19)(H,20,21). The maximum absolute atomic E-state index is 12.2. The summed E-state index contributed by atoms with van der Waals surface area (Å²) < 4.78 is 0. The summed E-state index contributed by atoms with van der Waals surface area (Å²) >= 11 is 12.1. The number of carboxylic acid groups (broad SMARTS) is 1. The van der Waals surface area contributed by atoms with Crippen molar-refractivity contribution < 1.29 is 14.7 Å². The number of carbonyl (C=O) groups excluding carboxylic acids is 1. The molecule has 1 amide bonds. The van der Waals surface area contributed by atoms with Crippen molar-refractivity contribution in [1.29, 1.82) is 0 Å². The molecule has 0 spiro atoms. The zero-order valence-corrected chi connectivity index (χ0v) is 12.4. The number of aromatic carboxylic acids is 1. The molecule has 0 radical (unpaired) electrons. The van der Waals surface area contributed by atoms with Crippen LogP contribution in [-0.2, 0) is 0 Å². The van der Waals surface area contributed by atoms with Crippen molar-refractivity contribution in [3.8, 4) is 0 Å². The lowest BCUT2D eigenvalue weighted by atomic mass is 10.2. The number of rotatable bonds is 3. The largest absolute Gasteiger partial charge is 0.477 e. The van der Waals surface area contributed by atoms with Gasteiger partial charge in [-0.05, 0) is 30.7 Å². The SMILES string of the molecule is Cc1ccc(Cl)c(NC(=O)c2ccnc(C(=O)O)c2)c1Cl. The molecule has 21 heavy (non-hydrogen) atoms. The maximum atomic E-state index is 12.2. The van der Waals surface area contributed by atoms with Crippen LogP contribution in [-0.4, -0.2) is 22.0 Å². The van der Waals surface area contributed by atoms with E-state index in [1.807, 2.05) is 0 Å². The van der Waals surface area contributed by atoms with Gasteiger partial charge in [-0.15, -0.1) is 0 Å². The molecule has 1 aromatic heterocycles. The molecule has 2 N–H and O–H groups in total. The molecule has 0 atom stereocenters. The van der Waals surface area contributed by atoms with E-state index in [-0.39, 0.29) is 16.9 Å². The molecule has 0 fully saturated rings. The third-order valence-corrected chi connectivity index (χ3v) is 3.57. The second-order valence-corrected chi connectivity index (χ2v) is 5.03. The maximum Gasteiger partial charge on any atom is 0.354 e. The Morgan fingerprint density at radius 2 is 1.95 bits per heavy atom. The van der Waals surface area contributed by atoms with Gasteiger partial charge in [-0.3, -0.25) is 4.79 Å². The first kappa shape index (κ1) is 15.3. The Hall–Kier alpha value is -2.11. The minimum absolute atomic E-state index is 0.149. The van der Waals surface area contributed by atoms with Gasteiger partial charge in [-0.25, -0.2) is 9.78 Å². The van der Waals surface area contributed by atoms with Crippen LogP contribution in [0.15, 0.2) is 30.5 Å². The number of halogens is 2. The lowest BCUT2D eigenvalue weighted by Gasteiger charge is -2.11. The number of carbonyl (C=O) groups is 2. The molecule has 7 heteroatoms. The minimum atomic E-state index is -1.21. The second kappa shape index (κ2) is 6.11. The summed E-state index contributed by atoms with van der Waals surface area (Å²) in [6.07, 6.45) is 1.25. The smallest absolute Gasteiger partial charge is 0.354 e. The normalized spacial score (nSPS) is 10.2. The molecule has 0 aliphatic heterocycles. The van der Waals surface area contributed by atoms with Gasteiger partial charge in [-0.2, -0.15) is 0 Å². The first-order valence-electron chi connectivity index (χ1n) is 5.85. The number of pyridine rings is 1. The van der Waals surface area contributed by atoms with E-state index >= 15 is 0 Å². The molecule has 0 unspecified atom stereocenters. The molecule has 0 aliphatic rings. The van der Waals surface area contributed by atoms with E-state index in [0.717, 1.165) is 5.56 Å². The summed E-state index contributed by atoms with van der Waals surface area (Å²) in [5.41, 5.74) is 0.981. The number of aryl methyl sites for hydroxylation is 1. The van der Waals surface area contributed by atoms with E-state index in [0.29, 0.717) is 10.0 Å². The first-order chi connectivity index (χ1) is 9.90. The fraction of sp³-hybridized carbons (Fsp3) is 0.0714. The number of carboxylic acids is 1. The Morgan fingerprint density at radius 1 is 1.24 bits per heavy atom. The molecule has 0 saturated heterocycles. The van der Waals surface area contributed by atoms with E-state index < -0.39 is 11.9 Å². The molecule has 1 heterocycles. The van der Waals surface area contributed by atoms with Crippen LogP contribution in [0.25, 0.3) is 0 Å². The van der Waals surface area contributed by atoms with Crippen molar-refractivity contribution in [2.75, 3.05) is 5.32 Å². The van der Waals surface area contributed by atoms with Crippen LogP contribution in [0, 0.1) is 6.92 Å². The number of nitrogens with one attached hydrogen (secondary N) is 1. The fourth-order valence-corrected chi connectivity index (χ4v) is 2.11. The van der Waals surface area contributed by atoms with Gasteiger partial charge in [-0.1, -0.05) is 29.3 Å². The molecular weight excluding hydrogens is 315 g/mol. The highest BCUT2D eigenvalue weighted by Crippen LogP contribution is 2.33. The first-order valence-corrected chi connectivity index (χ1v) is 6.61. The molecule has 2 rings (SSSR count). The van der Waals surface area contributed by atoms with Crippen molar-refractivity contribution >= 4 is 40.8 Å². The van der Waals surface area contributed by atoms with Crippen LogP contribution in [0.4, 0.5) is 5.69 Å². The summed E-state index contributed by atoms with van der Waals surface area (Å²) in [5, 5.41) is 12.1. The molecular formula is C14H10Cl2N2O3. The van der Waals surface area contributed by atoms with Gasteiger partial charge in [0.2, 0.25) is 0 Å². The van der Waals surface area contributed by atoms with Gasteiger partial charge in [0, 0.05) is 11.8 Å². The molecule has 108 valence electrons. The van der Waals surface area contributed by atoms with Crippen LogP contribution in [0.2, 0.25) is 10.0 Å². The summed E-state index contributed by atoms with van der Waals surface area (Å²) in [7, 11) is 0. The van der Waals surface area contributed by atoms with E-state index in [2.05, 4.69) is 10.3 Å².